The molecular weight excluding hydrogens is 477 g/mol. The molecule has 2 aromatic carbocycles. The Labute approximate surface area is 206 Å². The lowest BCUT2D eigenvalue weighted by atomic mass is 10.0. The van der Waals surface area contributed by atoms with Gasteiger partial charge in [0.25, 0.3) is 5.91 Å². The smallest absolute Gasteiger partial charge is 0.495 e. The van der Waals surface area contributed by atoms with Crippen LogP contribution in [0, 0.1) is 5.82 Å². The lowest BCUT2D eigenvalue weighted by Crippen LogP contribution is -2.61. The topological polar surface area (TPSA) is 94.3 Å². The number of hydrazone groups is 1. The average Bonchev–Trinajstić information content (AvgIpc) is 3.17. The fourth-order valence-electron chi connectivity index (χ4n) is 4.13. The largest absolute Gasteiger partial charge is 0.501 e. The number of urea groups is 1. The van der Waals surface area contributed by atoms with Crippen molar-refractivity contribution >= 4 is 46.6 Å². The lowest BCUT2D eigenvalue weighted by molar-refractivity contribution is -0.427. The van der Waals surface area contributed by atoms with Gasteiger partial charge >= 0.3 is 11.9 Å². The van der Waals surface area contributed by atoms with Gasteiger partial charge in [0.05, 0.1) is 12.1 Å². The highest BCUT2D eigenvalue weighted by Gasteiger charge is 2.54. The summed E-state index contributed by atoms with van der Waals surface area (Å²) in [4.78, 5) is 40.8. The number of nitrogens with one attached hydrogen (secondary N) is 1. The monoisotopic (exact) mass is 500 g/mol. The fourth-order valence-corrected chi connectivity index (χ4v) is 4.39. The molecule has 35 heavy (non-hydrogen) atoms. The zero-order valence-electron chi connectivity index (χ0n) is 19.4. The van der Waals surface area contributed by atoms with Gasteiger partial charge in [-0.3, -0.25) is 9.80 Å². The highest BCUT2D eigenvalue weighted by atomic mass is 35.5. The molecule has 1 unspecified atom stereocenters. The van der Waals surface area contributed by atoms with Crippen LogP contribution in [-0.2, 0) is 16.1 Å². The van der Waals surface area contributed by atoms with Crippen LogP contribution in [0.5, 0.6) is 5.75 Å². The third kappa shape index (κ3) is 4.74. The molecule has 2 aliphatic heterocycles. The Morgan fingerprint density at radius 2 is 1.94 bits per heavy atom. The molecule has 0 aliphatic carbocycles. The summed E-state index contributed by atoms with van der Waals surface area (Å²) in [5.41, 5.74) is 1.87. The summed E-state index contributed by atoms with van der Waals surface area (Å²) in [6.07, 6.45) is 0. The van der Waals surface area contributed by atoms with Crippen LogP contribution in [-0.4, -0.2) is 70.0 Å². The molecule has 1 atom stereocenters. The average molecular weight is 501 g/mol. The van der Waals surface area contributed by atoms with Gasteiger partial charge in [0, 0.05) is 12.2 Å². The predicted octanol–water partition coefficient (Wildman–Crippen LogP) is 3.12. The van der Waals surface area contributed by atoms with E-state index in [1.807, 2.05) is 6.92 Å². The van der Waals surface area contributed by atoms with Crippen molar-refractivity contribution in [2.45, 2.75) is 26.4 Å². The second-order valence-electron chi connectivity index (χ2n) is 8.05. The predicted molar refractivity (Wildman–Crippen MR) is 128 cm³/mol. The normalized spacial score (nSPS) is 17.5. The fraction of sp³-hybridized carbons (Fsp3) is 0.292. The molecule has 0 saturated carbocycles. The van der Waals surface area contributed by atoms with Crippen LogP contribution in [0.25, 0.3) is 0 Å². The van der Waals surface area contributed by atoms with Crippen LogP contribution in [0.4, 0.5) is 14.9 Å². The van der Waals surface area contributed by atoms with Gasteiger partial charge in [0.15, 0.2) is 12.3 Å². The van der Waals surface area contributed by atoms with E-state index in [1.54, 1.807) is 24.1 Å². The highest BCUT2D eigenvalue weighted by Crippen LogP contribution is 2.27. The van der Waals surface area contributed by atoms with Crippen molar-refractivity contribution in [2.75, 3.05) is 25.5 Å². The number of imide groups is 1. The van der Waals surface area contributed by atoms with Crippen LogP contribution < -0.4 is 10.1 Å². The minimum absolute atomic E-state index is 0.0649. The zero-order chi connectivity index (χ0) is 25.3. The van der Waals surface area contributed by atoms with Crippen molar-refractivity contribution in [2.24, 2.45) is 5.10 Å². The van der Waals surface area contributed by atoms with Crippen molar-refractivity contribution < 1.29 is 28.1 Å². The molecule has 4 amide bonds. The maximum Gasteiger partial charge on any atom is 0.501 e. The van der Waals surface area contributed by atoms with Crippen LogP contribution in [0.3, 0.4) is 0 Å². The van der Waals surface area contributed by atoms with Crippen molar-refractivity contribution in [3.8, 4) is 5.75 Å². The van der Waals surface area contributed by atoms with E-state index in [4.69, 9.17) is 16.3 Å². The van der Waals surface area contributed by atoms with E-state index in [1.165, 1.54) is 42.0 Å². The first-order valence-corrected chi connectivity index (χ1v) is 11.3. The van der Waals surface area contributed by atoms with Crippen LogP contribution >= 0.6 is 11.6 Å². The number of likely N-dealkylation sites (N-methyl/N-ethyl adjacent to an activating group) is 1. The Hall–Kier alpha value is -3.79. The van der Waals surface area contributed by atoms with Crippen molar-refractivity contribution in [1.82, 2.24) is 9.91 Å². The number of halogens is 2. The Morgan fingerprint density at radius 1 is 1.23 bits per heavy atom. The Morgan fingerprint density at radius 3 is 2.57 bits per heavy atom. The summed E-state index contributed by atoms with van der Waals surface area (Å²) in [6, 6.07) is 8.84. The van der Waals surface area contributed by atoms with Crippen molar-refractivity contribution in [3.63, 3.8) is 0 Å². The molecular formula is C24H24ClFN5O4+. The number of carbonyl (C=O) groups is 3. The highest BCUT2D eigenvalue weighted by molar-refractivity contribution is 6.48. The van der Waals surface area contributed by atoms with Gasteiger partial charge in [-0.1, -0.05) is 23.7 Å². The van der Waals surface area contributed by atoms with E-state index in [9.17, 15) is 18.8 Å². The van der Waals surface area contributed by atoms with E-state index in [2.05, 4.69) is 10.4 Å². The molecule has 1 N–H and O–H groups in total. The Balaban J connectivity index is 1.64. The van der Waals surface area contributed by atoms with Gasteiger partial charge in [-0.2, -0.15) is 19.4 Å². The molecule has 2 heterocycles. The van der Waals surface area contributed by atoms with Gasteiger partial charge in [-0.25, -0.2) is 9.18 Å². The second kappa shape index (κ2) is 9.83. The number of benzene rings is 2. The number of carbonyl (C=O) groups excluding carboxylic acids is 3. The number of nitrogens with zero attached hydrogens (tertiary/aromatic N) is 4. The molecule has 0 fully saturated rings. The molecule has 0 bridgehead atoms. The third-order valence-corrected chi connectivity index (χ3v) is 6.07. The first kappa shape index (κ1) is 24.3. The summed E-state index contributed by atoms with van der Waals surface area (Å²) in [5, 5.41) is 9.05. The van der Waals surface area contributed by atoms with Gasteiger partial charge < -0.3 is 10.1 Å². The summed E-state index contributed by atoms with van der Waals surface area (Å²) in [7, 11) is 1.49. The third-order valence-electron chi connectivity index (χ3n) is 5.77. The Bertz CT molecular complexity index is 1260. The van der Waals surface area contributed by atoms with Crippen molar-refractivity contribution in [3.05, 3.63) is 58.9 Å². The number of rotatable bonds is 7. The first-order chi connectivity index (χ1) is 16.7. The molecule has 0 saturated heterocycles. The molecule has 0 aromatic heterocycles. The van der Waals surface area contributed by atoms with Crippen LogP contribution in [0.1, 0.15) is 19.4 Å². The number of hydrogen-bond acceptors (Lipinski definition) is 6. The Kier molecular flexibility index (Phi) is 6.83. The van der Waals surface area contributed by atoms with Gasteiger partial charge in [0.2, 0.25) is 6.04 Å². The first-order valence-electron chi connectivity index (χ1n) is 10.9. The number of anilines is 1. The number of hydrogen-bond donors (Lipinski definition) is 1. The number of ether oxygens (including phenoxy) is 1. The summed E-state index contributed by atoms with van der Waals surface area (Å²) < 4.78 is 19.7. The summed E-state index contributed by atoms with van der Waals surface area (Å²) in [5.74, 6) is -0.892. The van der Waals surface area contributed by atoms with Crippen LogP contribution in [0.2, 0.25) is 5.02 Å². The molecule has 0 radical (unpaired) electrons. The standard InChI is InChI=1S/C24H23ClFN5O4/c1-4-31-22-21(14(2)28-31)29(13-20(32)27-17-9-10-19(35-3)18(25)11-17)24(34)30(23(22)33)12-15-5-7-16(26)8-6-15/h5-11,22H,4,12-13H2,1-3H3/p+1. The SMILES string of the molecule is CCN1N=C(C)C2=[N+](CC(=O)Nc3ccc(OC)c(Cl)c3)C(=O)N(Cc3ccc(F)cc3)C(=O)C21. The lowest BCUT2D eigenvalue weighted by Gasteiger charge is -2.28. The molecule has 2 aliphatic rings. The number of fused-ring (bicyclic) bond motifs is 1. The minimum Gasteiger partial charge on any atom is -0.495 e. The molecule has 9 nitrogen and oxygen atoms in total. The van der Waals surface area contributed by atoms with Crippen molar-refractivity contribution in [1.29, 1.82) is 0 Å². The molecule has 4 rings (SSSR count). The maximum atomic E-state index is 13.5. The number of amides is 4. The van der Waals surface area contributed by atoms with Crippen LogP contribution in [0.15, 0.2) is 47.6 Å². The van der Waals surface area contributed by atoms with Gasteiger partial charge in [-0.15, -0.1) is 0 Å². The van der Waals surface area contributed by atoms with E-state index in [-0.39, 0.29) is 13.1 Å². The van der Waals surface area contributed by atoms with E-state index >= 15 is 0 Å². The quantitative estimate of drug-likeness (QED) is 0.589. The maximum absolute atomic E-state index is 13.5. The van der Waals surface area contributed by atoms with E-state index in [0.29, 0.717) is 40.0 Å². The summed E-state index contributed by atoms with van der Waals surface area (Å²) in [6.45, 7) is 3.57. The molecule has 0 spiro atoms. The minimum atomic E-state index is -0.832. The van der Waals surface area contributed by atoms with E-state index < -0.39 is 29.7 Å². The second-order valence-corrected chi connectivity index (χ2v) is 8.45. The number of methoxy groups -OCH3 is 1. The van der Waals surface area contributed by atoms with Gasteiger partial charge in [0.1, 0.15) is 23.8 Å². The zero-order valence-corrected chi connectivity index (χ0v) is 20.2. The van der Waals surface area contributed by atoms with Gasteiger partial charge in [-0.05, 0) is 49.7 Å². The molecule has 2 aromatic rings. The van der Waals surface area contributed by atoms with E-state index in [0.717, 1.165) is 4.90 Å². The molecule has 11 heteroatoms. The summed E-state index contributed by atoms with van der Waals surface area (Å²) >= 11 is 6.14. The molecule has 182 valence electrons.